The fraction of sp³-hybridized carbons (Fsp3) is 0.316. The molecule has 0 amide bonds. The molecule has 1 unspecified atom stereocenters. The van der Waals surface area contributed by atoms with Crippen LogP contribution in [0.2, 0.25) is 10.6 Å². The van der Waals surface area contributed by atoms with Crippen molar-refractivity contribution in [2.75, 3.05) is 18.0 Å². The summed E-state index contributed by atoms with van der Waals surface area (Å²) in [7, 11) is 0. The van der Waals surface area contributed by atoms with E-state index in [4.69, 9.17) is 28.9 Å². The van der Waals surface area contributed by atoms with Gasteiger partial charge >= 0.3 is 0 Å². The minimum atomic E-state index is -0.846. The maximum absolute atomic E-state index is 6.45. The molecule has 1 aliphatic rings. The Morgan fingerprint density at radius 1 is 1.04 bits per heavy atom. The number of aromatic nitrogens is 3. The summed E-state index contributed by atoms with van der Waals surface area (Å²) in [5, 5.41) is 0.0833. The van der Waals surface area contributed by atoms with Gasteiger partial charge in [0.15, 0.2) is 5.82 Å². The van der Waals surface area contributed by atoms with Crippen molar-refractivity contribution in [3.05, 3.63) is 64.4 Å². The largest absolute Gasteiger partial charge is 0.372 e. The number of allylic oxidation sites excluding steroid dienone is 2. The predicted octanol–water partition coefficient (Wildman–Crippen LogP) is 4.22. The fourth-order valence-corrected chi connectivity index (χ4v) is 3.38. The Balaban J connectivity index is 1.80. The van der Waals surface area contributed by atoms with Crippen LogP contribution < -0.4 is 10.6 Å². The highest BCUT2D eigenvalue weighted by molar-refractivity contribution is 6.31. The molecule has 1 aromatic heterocycles. The average molecular weight is 390 g/mol. The summed E-state index contributed by atoms with van der Waals surface area (Å²) in [4.78, 5) is 14.3. The normalized spacial score (nSPS) is 19.3. The number of nitrogens with two attached hydrogens (primary N) is 1. The van der Waals surface area contributed by atoms with Crippen LogP contribution in [0.1, 0.15) is 31.7 Å². The Bertz CT molecular complexity index is 823. The van der Waals surface area contributed by atoms with Crippen molar-refractivity contribution in [1.29, 1.82) is 0 Å². The summed E-state index contributed by atoms with van der Waals surface area (Å²) in [6, 6.07) is 8.55. The molecule has 0 bridgehead atoms. The van der Waals surface area contributed by atoms with Crippen LogP contribution in [-0.2, 0) is 5.54 Å². The van der Waals surface area contributed by atoms with E-state index in [1.54, 1.807) is 0 Å². The van der Waals surface area contributed by atoms with Gasteiger partial charge in [-0.2, -0.15) is 4.98 Å². The van der Waals surface area contributed by atoms with E-state index in [2.05, 4.69) is 64.0 Å². The molecule has 0 saturated heterocycles. The third-order valence-corrected chi connectivity index (χ3v) is 4.88. The molecule has 136 valence electrons. The molecule has 0 saturated carbocycles. The van der Waals surface area contributed by atoms with Gasteiger partial charge in [-0.1, -0.05) is 30.4 Å². The summed E-state index contributed by atoms with van der Waals surface area (Å²) in [6.07, 6.45) is 6.51. The van der Waals surface area contributed by atoms with E-state index in [1.807, 2.05) is 12.2 Å². The highest BCUT2D eigenvalue weighted by Gasteiger charge is 2.30. The molecule has 7 heteroatoms. The van der Waals surface area contributed by atoms with Gasteiger partial charge in [0.1, 0.15) is 0 Å². The molecule has 5 nitrogen and oxygen atoms in total. The zero-order valence-electron chi connectivity index (χ0n) is 14.8. The summed E-state index contributed by atoms with van der Waals surface area (Å²) in [5.74, 6) is 0.367. The number of nitrogens with zero attached hydrogens (tertiary/aromatic N) is 4. The Kier molecular flexibility index (Phi) is 5.61. The topological polar surface area (TPSA) is 67.9 Å². The average Bonchev–Trinajstić information content (AvgIpc) is 2.63. The third-order valence-electron chi connectivity index (χ3n) is 4.55. The van der Waals surface area contributed by atoms with E-state index in [9.17, 15) is 0 Å². The van der Waals surface area contributed by atoms with Crippen molar-refractivity contribution >= 4 is 34.5 Å². The zero-order chi connectivity index (χ0) is 18.7. The molecule has 2 aromatic rings. The minimum Gasteiger partial charge on any atom is -0.372 e. The van der Waals surface area contributed by atoms with E-state index < -0.39 is 5.54 Å². The van der Waals surface area contributed by atoms with Crippen LogP contribution in [0.15, 0.2) is 42.5 Å². The van der Waals surface area contributed by atoms with Crippen molar-refractivity contribution in [1.82, 2.24) is 15.0 Å². The molecular formula is C19H21Cl2N5. The van der Waals surface area contributed by atoms with E-state index in [-0.39, 0.29) is 10.6 Å². The lowest BCUT2D eigenvalue weighted by atomic mass is 9.87. The molecule has 1 aromatic carbocycles. The lowest BCUT2D eigenvalue weighted by molar-refractivity contribution is 0.524. The molecular weight excluding hydrogens is 369 g/mol. The van der Waals surface area contributed by atoms with Crippen molar-refractivity contribution in [3.63, 3.8) is 0 Å². The molecule has 0 fully saturated rings. The monoisotopic (exact) mass is 389 g/mol. The highest BCUT2D eigenvalue weighted by Crippen LogP contribution is 2.32. The van der Waals surface area contributed by atoms with E-state index >= 15 is 0 Å². The van der Waals surface area contributed by atoms with Crippen LogP contribution in [0.25, 0.3) is 5.57 Å². The lowest BCUT2D eigenvalue weighted by Crippen LogP contribution is -2.37. The smallest absolute Gasteiger partial charge is 0.226 e. The molecule has 3 rings (SSSR count). The van der Waals surface area contributed by atoms with Crippen LogP contribution in [0.3, 0.4) is 0 Å². The Morgan fingerprint density at radius 3 is 2.15 bits per heavy atom. The first kappa shape index (κ1) is 18.8. The quantitative estimate of drug-likeness (QED) is 0.828. The first-order valence-corrected chi connectivity index (χ1v) is 9.32. The first-order valence-electron chi connectivity index (χ1n) is 8.56. The van der Waals surface area contributed by atoms with Crippen LogP contribution in [0, 0.1) is 0 Å². The fourth-order valence-electron chi connectivity index (χ4n) is 3.02. The van der Waals surface area contributed by atoms with Gasteiger partial charge in [-0.05, 0) is 66.7 Å². The molecule has 1 aliphatic carbocycles. The molecule has 26 heavy (non-hydrogen) atoms. The number of anilines is 1. The molecule has 1 atom stereocenters. The number of benzene rings is 1. The van der Waals surface area contributed by atoms with Crippen LogP contribution in [-0.4, -0.2) is 28.0 Å². The molecule has 0 spiro atoms. The van der Waals surface area contributed by atoms with Gasteiger partial charge in [0, 0.05) is 18.8 Å². The molecule has 1 heterocycles. The minimum absolute atomic E-state index is 0.0417. The van der Waals surface area contributed by atoms with Gasteiger partial charge in [0.25, 0.3) is 0 Å². The SMILES string of the molecule is CCN(CC)c1ccc(C2=CCC(N)(c3nc(Cl)nc(Cl)n3)C=C2)cc1. The Hall–Kier alpha value is -1.95. The van der Waals surface area contributed by atoms with Crippen molar-refractivity contribution in [2.45, 2.75) is 25.8 Å². The number of rotatable bonds is 5. The second-order valence-corrected chi connectivity index (χ2v) is 6.83. The highest BCUT2D eigenvalue weighted by atomic mass is 35.5. The maximum atomic E-state index is 6.45. The van der Waals surface area contributed by atoms with Crippen molar-refractivity contribution in [2.24, 2.45) is 5.73 Å². The lowest BCUT2D eigenvalue weighted by Gasteiger charge is -2.26. The van der Waals surface area contributed by atoms with Gasteiger partial charge in [-0.15, -0.1) is 0 Å². The second kappa shape index (κ2) is 7.74. The van der Waals surface area contributed by atoms with Crippen molar-refractivity contribution < 1.29 is 0 Å². The number of hydrogen-bond acceptors (Lipinski definition) is 5. The van der Waals surface area contributed by atoms with Gasteiger partial charge in [0.05, 0.1) is 5.54 Å². The molecule has 2 N–H and O–H groups in total. The maximum Gasteiger partial charge on any atom is 0.226 e. The molecule has 0 radical (unpaired) electrons. The van der Waals surface area contributed by atoms with Crippen LogP contribution in [0.4, 0.5) is 5.69 Å². The van der Waals surface area contributed by atoms with Gasteiger partial charge in [-0.25, -0.2) is 9.97 Å². The first-order chi connectivity index (χ1) is 12.4. The summed E-state index contributed by atoms with van der Waals surface area (Å²) < 4.78 is 0. The molecule has 0 aliphatic heterocycles. The van der Waals surface area contributed by atoms with E-state index in [0.717, 1.165) is 24.2 Å². The standard InChI is InChI=1S/C19H21Cl2N5/c1-3-26(4-2)15-7-5-13(6-8-15)14-9-11-19(22,12-10-14)16-23-17(20)25-18(21)24-16/h5-11H,3-4,12,22H2,1-2H3. The Morgan fingerprint density at radius 2 is 1.65 bits per heavy atom. The van der Waals surface area contributed by atoms with Gasteiger partial charge in [0.2, 0.25) is 10.6 Å². The summed E-state index contributed by atoms with van der Waals surface area (Å²) >= 11 is 11.7. The second-order valence-electron chi connectivity index (χ2n) is 6.15. The van der Waals surface area contributed by atoms with E-state index in [1.165, 1.54) is 5.69 Å². The number of halogens is 2. The number of hydrogen-bond donors (Lipinski definition) is 1. The third kappa shape index (κ3) is 3.90. The Labute approximate surface area is 163 Å². The van der Waals surface area contributed by atoms with E-state index in [0.29, 0.717) is 12.2 Å². The summed E-state index contributed by atoms with van der Waals surface area (Å²) in [5.41, 5.74) is 9.09. The van der Waals surface area contributed by atoms with Crippen molar-refractivity contribution in [3.8, 4) is 0 Å². The van der Waals surface area contributed by atoms with Gasteiger partial charge in [-0.3, -0.25) is 0 Å². The van der Waals surface area contributed by atoms with Crippen LogP contribution in [0.5, 0.6) is 0 Å². The predicted molar refractivity (Wildman–Crippen MR) is 107 cm³/mol. The van der Waals surface area contributed by atoms with Gasteiger partial charge < -0.3 is 10.6 Å². The zero-order valence-corrected chi connectivity index (χ0v) is 16.3. The summed E-state index contributed by atoms with van der Waals surface area (Å²) in [6.45, 7) is 6.30. The van der Waals surface area contributed by atoms with Crippen LogP contribution >= 0.6 is 23.2 Å².